The lowest BCUT2D eigenvalue weighted by atomic mass is 9.98. The molecule has 0 bridgehead atoms. The standard InChI is InChI=1S/C15H22N2O2.ClH/c1-11(16)15(18)17-12-7-9-14(10-8-12)19-13-5-3-2-4-6-13;/h7-11,13H,2-6,16H2,1H3,(H,17,18);1H/t11-;/m1./s1. The van der Waals surface area contributed by atoms with Crippen LogP contribution in [-0.4, -0.2) is 18.1 Å². The van der Waals surface area contributed by atoms with Crippen LogP contribution in [0.4, 0.5) is 5.69 Å². The lowest BCUT2D eigenvalue weighted by Crippen LogP contribution is -2.32. The second kappa shape index (κ2) is 8.12. The average Bonchev–Trinajstić information content (AvgIpc) is 2.42. The van der Waals surface area contributed by atoms with E-state index in [2.05, 4.69) is 5.32 Å². The van der Waals surface area contributed by atoms with Gasteiger partial charge in [0, 0.05) is 5.69 Å². The molecule has 0 spiro atoms. The monoisotopic (exact) mass is 298 g/mol. The molecule has 1 atom stereocenters. The summed E-state index contributed by atoms with van der Waals surface area (Å²) in [6.07, 6.45) is 6.47. The number of amides is 1. The summed E-state index contributed by atoms with van der Waals surface area (Å²) in [5, 5.41) is 2.75. The third-order valence-electron chi connectivity index (χ3n) is 3.39. The normalized spacial score (nSPS) is 16.9. The molecule has 1 amide bonds. The zero-order valence-corrected chi connectivity index (χ0v) is 12.6. The molecule has 1 aromatic rings. The molecule has 1 aromatic carbocycles. The van der Waals surface area contributed by atoms with Gasteiger partial charge in [0.15, 0.2) is 0 Å². The summed E-state index contributed by atoms with van der Waals surface area (Å²) in [4.78, 5) is 11.4. The first kappa shape index (κ1) is 16.8. The van der Waals surface area contributed by atoms with E-state index in [1.165, 1.54) is 19.3 Å². The molecular weight excluding hydrogens is 276 g/mol. The largest absolute Gasteiger partial charge is 0.490 e. The van der Waals surface area contributed by atoms with E-state index in [1.54, 1.807) is 6.92 Å². The maximum atomic E-state index is 11.4. The summed E-state index contributed by atoms with van der Waals surface area (Å²) in [7, 11) is 0. The highest BCUT2D eigenvalue weighted by molar-refractivity contribution is 5.94. The molecule has 1 fully saturated rings. The SMILES string of the molecule is C[C@@H](N)C(=O)Nc1ccc(OC2CCCCC2)cc1.Cl. The van der Waals surface area contributed by atoms with Crippen molar-refractivity contribution in [3.05, 3.63) is 24.3 Å². The van der Waals surface area contributed by atoms with Gasteiger partial charge in [-0.1, -0.05) is 6.42 Å². The molecule has 1 saturated carbocycles. The number of anilines is 1. The molecule has 1 aliphatic rings. The predicted octanol–water partition coefficient (Wildman–Crippen LogP) is 3.11. The maximum absolute atomic E-state index is 11.4. The second-order valence-electron chi connectivity index (χ2n) is 5.18. The Bertz CT molecular complexity index is 414. The fourth-order valence-corrected chi connectivity index (χ4v) is 2.25. The van der Waals surface area contributed by atoms with Gasteiger partial charge in [-0.15, -0.1) is 12.4 Å². The summed E-state index contributed by atoms with van der Waals surface area (Å²) >= 11 is 0. The lowest BCUT2D eigenvalue weighted by molar-refractivity contribution is -0.117. The molecule has 3 N–H and O–H groups in total. The minimum atomic E-state index is -0.502. The van der Waals surface area contributed by atoms with Crippen molar-refractivity contribution in [1.82, 2.24) is 0 Å². The van der Waals surface area contributed by atoms with Crippen molar-refractivity contribution in [2.24, 2.45) is 5.73 Å². The fraction of sp³-hybridized carbons (Fsp3) is 0.533. The first-order valence-corrected chi connectivity index (χ1v) is 6.98. The third kappa shape index (κ3) is 5.02. The van der Waals surface area contributed by atoms with Crippen molar-refractivity contribution in [2.75, 3.05) is 5.32 Å². The van der Waals surface area contributed by atoms with Crippen molar-refractivity contribution in [1.29, 1.82) is 0 Å². The van der Waals surface area contributed by atoms with Gasteiger partial charge in [0.2, 0.25) is 5.91 Å². The number of hydrogen-bond acceptors (Lipinski definition) is 3. The minimum Gasteiger partial charge on any atom is -0.490 e. The van der Waals surface area contributed by atoms with E-state index < -0.39 is 6.04 Å². The van der Waals surface area contributed by atoms with Crippen LogP contribution in [0.2, 0.25) is 0 Å². The van der Waals surface area contributed by atoms with Crippen molar-refractivity contribution in [3.63, 3.8) is 0 Å². The van der Waals surface area contributed by atoms with Gasteiger partial charge >= 0.3 is 0 Å². The van der Waals surface area contributed by atoms with E-state index in [4.69, 9.17) is 10.5 Å². The summed E-state index contributed by atoms with van der Waals surface area (Å²) in [6, 6.07) is 6.98. The molecule has 0 aromatic heterocycles. The molecule has 20 heavy (non-hydrogen) atoms. The molecule has 2 rings (SSSR count). The topological polar surface area (TPSA) is 64.4 Å². The van der Waals surface area contributed by atoms with Crippen LogP contribution >= 0.6 is 12.4 Å². The first-order valence-electron chi connectivity index (χ1n) is 6.98. The zero-order chi connectivity index (χ0) is 13.7. The molecule has 0 aliphatic heterocycles. The fourth-order valence-electron chi connectivity index (χ4n) is 2.25. The number of carbonyl (C=O) groups is 1. The van der Waals surface area contributed by atoms with Crippen LogP contribution in [0.3, 0.4) is 0 Å². The molecule has 0 heterocycles. The molecule has 112 valence electrons. The summed E-state index contributed by atoms with van der Waals surface area (Å²) in [6.45, 7) is 1.66. The van der Waals surface area contributed by atoms with Crippen molar-refractivity contribution >= 4 is 24.0 Å². The Labute approximate surface area is 126 Å². The predicted molar refractivity (Wildman–Crippen MR) is 83.5 cm³/mol. The third-order valence-corrected chi connectivity index (χ3v) is 3.39. The average molecular weight is 299 g/mol. The van der Waals surface area contributed by atoms with Crippen LogP contribution in [0.15, 0.2) is 24.3 Å². The van der Waals surface area contributed by atoms with Gasteiger partial charge in [0.05, 0.1) is 12.1 Å². The summed E-state index contributed by atoms with van der Waals surface area (Å²) in [5.41, 5.74) is 6.25. The van der Waals surface area contributed by atoms with Gasteiger partial charge in [-0.2, -0.15) is 0 Å². The Kier molecular flexibility index (Phi) is 6.82. The molecule has 5 heteroatoms. The lowest BCUT2D eigenvalue weighted by Gasteiger charge is -2.23. The minimum absolute atomic E-state index is 0. The van der Waals surface area contributed by atoms with Gasteiger partial charge in [-0.05, 0) is 56.9 Å². The highest BCUT2D eigenvalue weighted by Crippen LogP contribution is 2.24. The Hall–Kier alpha value is -1.26. The maximum Gasteiger partial charge on any atom is 0.240 e. The Morgan fingerprint density at radius 2 is 1.85 bits per heavy atom. The number of nitrogens with two attached hydrogens (primary N) is 1. The smallest absolute Gasteiger partial charge is 0.240 e. The number of carbonyl (C=O) groups excluding carboxylic acids is 1. The van der Waals surface area contributed by atoms with Gasteiger partial charge in [-0.3, -0.25) is 4.79 Å². The molecule has 4 nitrogen and oxygen atoms in total. The Morgan fingerprint density at radius 1 is 1.25 bits per heavy atom. The van der Waals surface area contributed by atoms with E-state index in [1.807, 2.05) is 24.3 Å². The van der Waals surface area contributed by atoms with E-state index in [9.17, 15) is 4.79 Å². The number of halogens is 1. The number of ether oxygens (including phenoxy) is 1. The molecular formula is C15H23ClN2O2. The van der Waals surface area contributed by atoms with Crippen LogP contribution in [0.5, 0.6) is 5.75 Å². The van der Waals surface area contributed by atoms with Crippen molar-refractivity contribution < 1.29 is 9.53 Å². The van der Waals surface area contributed by atoms with E-state index in [0.717, 1.165) is 24.3 Å². The van der Waals surface area contributed by atoms with E-state index >= 15 is 0 Å². The van der Waals surface area contributed by atoms with Gasteiger partial charge < -0.3 is 15.8 Å². The number of hydrogen-bond donors (Lipinski definition) is 2. The molecule has 1 aliphatic carbocycles. The zero-order valence-electron chi connectivity index (χ0n) is 11.8. The second-order valence-corrected chi connectivity index (χ2v) is 5.18. The molecule has 0 radical (unpaired) electrons. The summed E-state index contributed by atoms with van der Waals surface area (Å²) < 4.78 is 5.93. The molecule has 0 unspecified atom stereocenters. The van der Waals surface area contributed by atoms with Gasteiger partial charge in [0.25, 0.3) is 0 Å². The van der Waals surface area contributed by atoms with Crippen LogP contribution in [0.1, 0.15) is 39.0 Å². The number of benzene rings is 1. The first-order chi connectivity index (χ1) is 9.15. The van der Waals surface area contributed by atoms with Crippen LogP contribution < -0.4 is 15.8 Å². The quantitative estimate of drug-likeness (QED) is 0.897. The van der Waals surface area contributed by atoms with Crippen LogP contribution in [-0.2, 0) is 4.79 Å². The van der Waals surface area contributed by atoms with E-state index in [-0.39, 0.29) is 18.3 Å². The summed E-state index contributed by atoms with van der Waals surface area (Å²) in [5.74, 6) is 0.687. The number of nitrogens with one attached hydrogen (secondary N) is 1. The number of rotatable bonds is 4. The van der Waals surface area contributed by atoms with Gasteiger partial charge in [-0.25, -0.2) is 0 Å². The highest BCUT2D eigenvalue weighted by atomic mass is 35.5. The molecule has 0 saturated heterocycles. The Balaban J connectivity index is 0.00000200. The van der Waals surface area contributed by atoms with Crippen LogP contribution in [0.25, 0.3) is 0 Å². The van der Waals surface area contributed by atoms with Crippen molar-refractivity contribution in [2.45, 2.75) is 51.2 Å². The van der Waals surface area contributed by atoms with Crippen molar-refractivity contribution in [3.8, 4) is 5.75 Å². The van der Waals surface area contributed by atoms with Gasteiger partial charge in [0.1, 0.15) is 5.75 Å². The highest BCUT2D eigenvalue weighted by Gasteiger charge is 2.14. The van der Waals surface area contributed by atoms with E-state index in [0.29, 0.717) is 6.10 Å². The Morgan fingerprint density at radius 3 is 2.40 bits per heavy atom. The van der Waals surface area contributed by atoms with Crippen LogP contribution in [0, 0.1) is 0 Å².